The van der Waals surface area contributed by atoms with E-state index < -0.39 is 0 Å². The van der Waals surface area contributed by atoms with Crippen LogP contribution in [-0.2, 0) is 20.0 Å². The van der Waals surface area contributed by atoms with Crippen LogP contribution in [0.3, 0.4) is 0 Å². The first-order valence-corrected chi connectivity index (χ1v) is 9.85. The molecular weight excluding hydrogens is 491 g/mol. The van der Waals surface area contributed by atoms with Gasteiger partial charge in [-0.3, -0.25) is 9.67 Å². The van der Waals surface area contributed by atoms with E-state index in [1.165, 1.54) is 16.8 Å². The maximum absolute atomic E-state index is 5.87. The molecule has 3 aromatic rings. The Balaban J connectivity index is 0.00000320. The molecule has 1 atom stereocenters. The number of aryl methyl sites for hydroxylation is 3. The average molecular weight is 522 g/mol. The first kappa shape index (κ1) is 23.9. The van der Waals surface area contributed by atoms with E-state index in [9.17, 15) is 0 Å². The predicted molar refractivity (Wildman–Crippen MR) is 131 cm³/mol. The van der Waals surface area contributed by atoms with Crippen molar-refractivity contribution in [1.82, 2.24) is 25.4 Å². The Bertz CT molecular complexity index is 990. The molecule has 0 aliphatic carbocycles. The van der Waals surface area contributed by atoms with Gasteiger partial charge >= 0.3 is 0 Å². The van der Waals surface area contributed by atoms with E-state index >= 15 is 0 Å². The van der Waals surface area contributed by atoms with Gasteiger partial charge in [0.05, 0.1) is 18.4 Å². The number of aromatic nitrogens is 3. The van der Waals surface area contributed by atoms with E-state index in [-0.39, 0.29) is 30.0 Å². The molecule has 2 N–H and O–H groups in total. The van der Waals surface area contributed by atoms with Crippen molar-refractivity contribution >= 4 is 29.9 Å². The summed E-state index contributed by atoms with van der Waals surface area (Å²) in [7, 11) is 3.74. The summed E-state index contributed by atoms with van der Waals surface area (Å²) in [5, 5.41) is 11.2. The number of guanidine groups is 1. The Labute approximate surface area is 195 Å². The van der Waals surface area contributed by atoms with Gasteiger partial charge in [0.15, 0.2) is 11.7 Å². The van der Waals surface area contributed by atoms with Crippen molar-refractivity contribution in [1.29, 1.82) is 0 Å². The summed E-state index contributed by atoms with van der Waals surface area (Å²) in [6, 6.07) is 8.41. The maximum Gasteiger partial charge on any atom is 0.214 e. The van der Waals surface area contributed by atoms with Crippen molar-refractivity contribution < 1.29 is 4.42 Å². The molecule has 1 aromatic carbocycles. The highest BCUT2D eigenvalue weighted by atomic mass is 127. The summed E-state index contributed by atoms with van der Waals surface area (Å²) in [6.07, 6.45) is 2.64. The zero-order chi connectivity index (χ0) is 21.0. The van der Waals surface area contributed by atoms with Crippen molar-refractivity contribution in [2.24, 2.45) is 12.0 Å². The lowest BCUT2D eigenvalue weighted by atomic mass is 10.1. The van der Waals surface area contributed by atoms with E-state index in [1.807, 2.05) is 23.9 Å². The summed E-state index contributed by atoms with van der Waals surface area (Å²) >= 11 is 0. The molecule has 2 aromatic heterocycles. The summed E-state index contributed by atoms with van der Waals surface area (Å²) < 4.78 is 7.80. The average Bonchev–Trinajstić information content (AvgIpc) is 3.26. The van der Waals surface area contributed by atoms with Crippen LogP contribution in [0.5, 0.6) is 0 Å². The van der Waals surface area contributed by atoms with Crippen LogP contribution in [0.15, 0.2) is 39.9 Å². The van der Waals surface area contributed by atoms with E-state index in [4.69, 9.17) is 4.42 Å². The number of oxazole rings is 1. The fourth-order valence-electron chi connectivity index (χ4n) is 3.30. The molecule has 30 heavy (non-hydrogen) atoms. The Kier molecular flexibility index (Phi) is 8.45. The summed E-state index contributed by atoms with van der Waals surface area (Å²) in [5.41, 5.74) is 5.79. The van der Waals surface area contributed by atoms with Gasteiger partial charge < -0.3 is 15.1 Å². The van der Waals surface area contributed by atoms with Crippen LogP contribution in [0.2, 0.25) is 0 Å². The molecule has 1 unspecified atom stereocenters. The molecule has 0 aliphatic heterocycles. The normalized spacial score (nSPS) is 12.4. The van der Waals surface area contributed by atoms with Gasteiger partial charge in [0.25, 0.3) is 0 Å². The lowest BCUT2D eigenvalue weighted by Crippen LogP contribution is -2.42. The lowest BCUT2D eigenvalue weighted by Gasteiger charge is -2.17. The van der Waals surface area contributed by atoms with Crippen molar-refractivity contribution in [3.05, 3.63) is 58.9 Å². The monoisotopic (exact) mass is 522 g/mol. The second-order valence-corrected chi connectivity index (χ2v) is 7.43. The number of halogens is 1. The Hall–Kier alpha value is -2.36. The van der Waals surface area contributed by atoms with Crippen LogP contribution < -0.4 is 10.6 Å². The first-order chi connectivity index (χ1) is 13.9. The van der Waals surface area contributed by atoms with Crippen LogP contribution >= 0.6 is 24.0 Å². The summed E-state index contributed by atoms with van der Waals surface area (Å²) in [4.78, 5) is 8.68. The zero-order valence-electron chi connectivity index (χ0n) is 18.5. The largest absolute Gasteiger partial charge is 0.439 e. The molecule has 0 saturated heterocycles. The third kappa shape index (κ3) is 5.84. The second kappa shape index (κ2) is 10.6. The third-order valence-electron chi connectivity index (χ3n) is 5.07. The molecule has 0 aliphatic rings. The molecule has 0 fully saturated rings. The molecule has 0 amide bonds. The molecule has 0 saturated carbocycles. The quantitative estimate of drug-likeness (QED) is 0.292. The lowest BCUT2D eigenvalue weighted by molar-refractivity contribution is 0.496. The van der Waals surface area contributed by atoms with Crippen LogP contribution in [0.4, 0.5) is 0 Å². The van der Waals surface area contributed by atoms with Crippen LogP contribution in [0.25, 0.3) is 11.3 Å². The summed E-state index contributed by atoms with van der Waals surface area (Å²) in [6.45, 7) is 8.82. The van der Waals surface area contributed by atoms with Gasteiger partial charge in [-0.15, -0.1) is 24.0 Å². The van der Waals surface area contributed by atoms with Gasteiger partial charge in [-0.25, -0.2) is 4.98 Å². The van der Waals surface area contributed by atoms with Crippen LogP contribution in [0.1, 0.15) is 35.3 Å². The minimum atomic E-state index is 0. The molecule has 7 nitrogen and oxygen atoms in total. The van der Waals surface area contributed by atoms with Crippen molar-refractivity contribution in [2.45, 2.75) is 46.7 Å². The van der Waals surface area contributed by atoms with Gasteiger partial charge in [0, 0.05) is 31.4 Å². The van der Waals surface area contributed by atoms with E-state index in [0.717, 1.165) is 23.4 Å². The number of benzene rings is 1. The molecule has 0 radical (unpaired) electrons. The third-order valence-corrected chi connectivity index (χ3v) is 5.07. The van der Waals surface area contributed by atoms with Gasteiger partial charge in [0.1, 0.15) is 0 Å². The highest BCUT2D eigenvalue weighted by Gasteiger charge is 2.14. The topological polar surface area (TPSA) is 80.3 Å². The number of aliphatic imine (C=N–C) groups is 1. The smallest absolute Gasteiger partial charge is 0.214 e. The molecule has 3 rings (SSSR count). The Morgan fingerprint density at radius 2 is 1.90 bits per heavy atom. The van der Waals surface area contributed by atoms with Crippen molar-refractivity contribution in [3.63, 3.8) is 0 Å². The number of nitrogens with zero attached hydrogens (tertiary/aromatic N) is 4. The highest BCUT2D eigenvalue weighted by Crippen LogP contribution is 2.20. The Morgan fingerprint density at radius 3 is 2.50 bits per heavy atom. The molecule has 8 heteroatoms. The van der Waals surface area contributed by atoms with Crippen molar-refractivity contribution in [3.8, 4) is 11.3 Å². The van der Waals surface area contributed by atoms with Crippen molar-refractivity contribution in [2.75, 3.05) is 7.05 Å². The second-order valence-electron chi connectivity index (χ2n) is 7.43. The van der Waals surface area contributed by atoms with Gasteiger partial charge in [-0.1, -0.05) is 29.8 Å². The predicted octanol–water partition coefficient (Wildman–Crippen LogP) is 3.91. The maximum atomic E-state index is 5.87. The molecule has 0 bridgehead atoms. The summed E-state index contributed by atoms with van der Waals surface area (Å²) in [5.74, 6) is 2.10. The number of hydrogen-bond donors (Lipinski definition) is 2. The van der Waals surface area contributed by atoms with E-state index in [1.54, 1.807) is 13.2 Å². The highest BCUT2D eigenvalue weighted by molar-refractivity contribution is 14.0. The molecule has 2 heterocycles. The number of nitrogens with one attached hydrogen (secondary N) is 2. The fraction of sp³-hybridized carbons (Fsp3) is 0.409. The minimum Gasteiger partial charge on any atom is -0.439 e. The van der Waals surface area contributed by atoms with Crippen LogP contribution in [0, 0.1) is 20.8 Å². The van der Waals surface area contributed by atoms with Crippen LogP contribution in [-0.4, -0.2) is 33.8 Å². The SMILES string of the molecule is CN=C(NCc1ncc(-c2ccc(C)cc2)o1)NC(C)Cc1c(C)nn(C)c1C.I. The number of rotatable bonds is 6. The standard InChI is InChI=1S/C22H30N6O.HI/c1-14-7-9-18(10-8-14)20-12-24-21(29-20)13-25-22(23-5)26-15(2)11-19-16(3)27-28(6)17(19)4;/h7-10,12,15H,11,13H2,1-6H3,(H2,23,25,26);1H. The Morgan fingerprint density at radius 1 is 1.20 bits per heavy atom. The molecule has 162 valence electrons. The first-order valence-electron chi connectivity index (χ1n) is 9.85. The fourth-order valence-corrected chi connectivity index (χ4v) is 3.30. The minimum absolute atomic E-state index is 0. The van der Waals surface area contributed by atoms with Gasteiger partial charge in [-0.05, 0) is 39.7 Å². The van der Waals surface area contributed by atoms with Gasteiger partial charge in [-0.2, -0.15) is 5.10 Å². The zero-order valence-corrected chi connectivity index (χ0v) is 20.8. The molecular formula is C22H31IN6O. The van der Waals surface area contributed by atoms with E-state index in [2.05, 4.69) is 65.5 Å². The molecule has 0 spiro atoms. The number of hydrogen-bond acceptors (Lipinski definition) is 4. The van der Waals surface area contributed by atoms with E-state index in [0.29, 0.717) is 18.4 Å². The van der Waals surface area contributed by atoms with Gasteiger partial charge in [0.2, 0.25) is 5.89 Å².